The van der Waals surface area contributed by atoms with Crippen molar-refractivity contribution in [2.75, 3.05) is 13.7 Å². The third-order valence-electron chi connectivity index (χ3n) is 2.84. The lowest BCUT2D eigenvalue weighted by Gasteiger charge is -2.24. The Hall–Kier alpha value is -2.06. The highest BCUT2D eigenvalue weighted by molar-refractivity contribution is 5.69. The Balaban J connectivity index is 2.91. The Morgan fingerprint density at radius 3 is 2.68 bits per heavy atom. The Morgan fingerprint density at radius 1 is 1.53 bits per heavy atom. The maximum absolute atomic E-state index is 10.8. The summed E-state index contributed by atoms with van der Waals surface area (Å²) >= 11 is 0. The van der Waals surface area contributed by atoms with E-state index in [0.29, 0.717) is 17.9 Å². The van der Waals surface area contributed by atoms with Gasteiger partial charge in [0, 0.05) is 12.6 Å². The second-order valence-electron chi connectivity index (χ2n) is 4.54. The Bertz CT molecular complexity index is 492. The molecule has 0 bridgehead atoms. The summed E-state index contributed by atoms with van der Waals surface area (Å²) in [6.45, 7) is 4.39. The number of aliphatic carboxylic acids is 1. The zero-order chi connectivity index (χ0) is 14.4. The SMILES string of the molecule is COc1cc(CN(CC(=O)O)C(C)C)ccc1C#N. The van der Waals surface area contributed by atoms with Crippen molar-refractivity contribution in [3.8, 4) is 11.8 Å². The highest BCUT2D eigenvalue weighted by Crippen LogP contribution is 2.20. The zero-order valence-electron chi connectivity index (χ0n) is 11.4. The monoisotopic (exact) mass is 262 g/mol. The van der Waals surface area contributed by atoms with Crippen molar-refractivity contribution >= 4 is 5.97 Å². The van der Waals surface area contributed by atoms with Gasteiger partial charge in [-0.2, -0.15) is 5.26 Å². The minimum atomic E-state index is -0.852. The Labute approximate surface area is 113 Å². The van der Waals surface area contributed by atoms with Crippen LogP contribution < -0.4 is 4.74 Å². The smallest absolute Gasteiger partial charge is 0.317 e. The average molecular weight is 262 g/mol. The van der Waals surface area contributed by atoms with Crippen LogP contribution in [0, 0.1) is 11.3 Å². The fraction of sp³-hybridized carbons (Fsp3) is 0.429. The normalized spacial score (nSPS) is 10.5. The van der Waals surface area contributed by atoms with Gasteiger partial charge in [-0.1, -0.05) is 6.07 Å². The summed E-state index contributed by atoms with van der Waals surface area (Å²) in [7, 11) is 1.51. The van der Waals surface area contributed by atoms with Crippen LogP contribution in [0.1, 0.15) is 25.0 Å². The highest BCUT2D eigenvalue weighted by Gasteiger charge is 2.14. The van der Waals surface area contributed by atoms with Crippen molar-refractivity contribution in [1.82, 2.24) is 4.90 Å². The van der Waals surface area contributed by atoms with E-state index in [2.05, 4.69) is 0 Å². The summed E-state index contributed by atoms with van der Waals surface area (Å²) in [5.74, 6) is -0.339. The lowest BCUT2D eigenvalue weighted by molar-refractivity contribution is -0.138. The maximum atomic E-state index is 10.8. The summed E-state index contributed by atoms with van der Waals surface area (Å²) in [5, 5.41) is 17.8. The number of carbonyl (C=O) groups is 1. The van der Waals surface area contributed by atoms with Crippen LogP contribution in [0.4, 0.5) is 0 Å². The molecule has 0 radical (unpaired) electrons. The molecule has 0 aliphatic rings. The minimum absolute atomic E-state index is 0.0139. The highest BCUT2D eigenvalue weighted by atomic mass is 16.5. The summed E-state index contributed by atoms with van der Waals surface area (Å²) in [6, 6.07) is 7.45. The van der Waals surface area contributed by atoms with Crippen LogP contribution >= 0.6 is 0 Å². The van der Waals surface area contributed by atoms with Crippen LogP contribution in [0.15, 0.2) is 18.2 Å². The van der Waals surface area contributed by atoms with E-state index in [0.717, 1.165) is 5.56 Å². The molecule has 1 N–H and O–H groups in total. The molecule has 0 atom stereocenters. The molecule has 0 saturated heterocycles. The van der Waals surface area contributed by atoms with E-state index in [4.69, 9.17) is 15.1 Å². The van der Waals surface area contributed by atoms with Crippen molar-refractivity contribution in [2.45, 2.75) is 26.4 Å². The van der Waals surface area contributed by atoms with Gasteiger partial charge in [0.1, 0.15) is 11.8 Å². The molecule has 0 spiro atoms. The molecule has 0 heterocycles. The van der Waals surface area contributed by atoms with Gasteiger partial charge in [0.15, 0.2) is 0 Å². The van der Waals surface area contributed by atoms with Gasteiger partial charge in [-0.05, 0) is 31.5 Å². The number of hydrogen-bond acceptors (Lipinski definition) is 4. The summed E-state index contributed by atoms with van der Waals surface area (Å²) in [6.07, 6.45) is 0. The van der Waals surface area contributed by atoms with Crippen molar-refractivity contribution < 1.29 is 14.6 Å². The Kier molecular flexibility index (Phi) is 5.34. The van der Waals surface area contributed by atoms with Crippen LogP contribution in [-0.2, 0) is 11.3 Å². The number of nitriles is 1. The summed E-state index contributed by atoms with van der Waals surface area (Å²) in [5.41, 5.74) is 1.39. The molecular formula is C14H18N2O3. The molecule has 0 amide bonds. The number of nitrogens with zero attached hydrogens (tertiary/aromatic N) is 2. The number of rotatable bonds is 6. The molecule has 0 saturated carbocycles. The molecule has 1 aromatic rings. The fourth-order valence-electron chi connectivity index (χ4n) is 1.76. The van der Waals surface area contributed by atoms with E-state index in [1.807, 2.05) is 30.9 Å². The van der Waals surface area contributed by atoms with Gasteiger partial charge in [0.2, 0.25) is 0 Å². The van der Waals surface area contributed by atoms with Gasteiger partial charge < -0.3 is 9.84 Å². The number of hydrogen-bond donors (Lipinski definition) is 1. The average Bonchev–Trinajstić information content (AvgIpc) is 2.37. The van der Waals surface area contributed by atoms with Gasteiger partial charge in [-0.15, -0.1) is 0 Å². The van der Waals surface area contributed by atoms with E-state index in [1.165, 1.54) is 7.11 Å². The number of carboxylic acid groups (broad SMARTS) is 1. The number of benzene rings is 1. The second-order valence-corrected chi connectivity index (χ2v) is 4.54. The minimum Gasteiger partial charge on any atom is -0.495 e. The van der Waals surface area contributed by atoms with Crippen LogP contribution in [0.2, 0.25) is 0 Å². The van der Waals surface area contributed by atoms with Gasteiger partial charge >= 0.3 is 5.97 Å². The zero-order valence-corrected chi connectivity index (χ0v) is 11.4. The molecule has 5 nitrogen and oxygen atoms in total. The van der Waals surface area contributed by atoms with Crippen LogP contribution in [-0.4, -0.2) is 35.7 Å². The first-order valence-electron chi connectivity index (χ1n) is 6.00. The predicted molar refractivity (Wildman–Crippen MR) is 70.9 cm³/mol. The molecule has 0 aliphatic carbocycles. The summed E-state index contributed by atoms with van der Waals surface area (Å²) in [4.78, 5) is 12.7. The standard InChI is InChI=1S/C14H18N2O3/c1-10(2)16(9-14(17)18)8-11-4-5-12(7-15)13(6-11)19-3/h4-6,10H,8-9H2,1-3H3,(H,17,18). The molecule has 0 unspecified atom stereocenters. The third kappa shape index (κ3) is 4.27. The fourth-order valence-corrected chi connectivity index (χ4v) is 1.76. The number of methoxy groups -OCH3 is 1. The van der Waals surface area contributed by atoms with E-state index in [1.54, 1.807) is 12.1 Å². The number of ether oxygens (including phenoxy) is 1. The molecular weight excluding hydrogens is 244 g/mol. The first kappa shape index (κ1) is 15.0. The largest absolute Gasteiger partial charge is 0.495 e. The van der Waals surface area contributed by atoms with Crippen molar-refractivity contribution in [2.24, 2.45) is 0 Å². The first-order chi connectivity index (χ1) is 8.97. The van der Waals surface area contributed by atoms with Crippen molar-refractivity contribution in [3.05, 3.63) is 29.3 Å². The molecule has 0 aliphatic heterocycles. The predicted octanol–water partition coefficient (Wildman–Crippen LogP) is 1.86. The van der Waals surface area contributed by atoms with Crippen LogP contribution in [0.25, 0.3) is 0 Å². The summed E-state index contributed by atoms with van der Waals surface area (Å²) < 4.78 is 5.14. The first-order valence-corrected chi connectivity index (χ1v) is 6.00. The van der Waals surface area contributed by atoms with E-state index in [9.17, 15) is 4.79 Å². The van der Waals surface area contributed by atoms with Gasteiger partial charge in [0.05, 0.1) is 19.2 Å². The number of carboxylic acids is 1. The van der Waals surface area contributed by atoms with Gasteiger partial charge in [0.25, 0.3) is 0 Å². The topological polar surface area (TPSA) is 73.6 Å². The second kappa shape index (κ2) is 6.76. The molecule has 0 fully saturated rings. The van der Waals surface area contributed by atoms with E-state index >= 15 is 0 Å². The molecule has 19 heavy (non-hydrogen) atoms. The van der Waals surface area contributed by atoms with Crippen LogP contribution in [0.3, 0.4) is 0 Å². The van der Waals surface area contributed by atoms with Crippen molar-refractivity contribution in [1.29, 1.82) is 5.26 Å². The molecule has 102 valence electrons. The lowest BCUT2D eigenvalue weighted by Crippen LogP contribution is -2.35. The molecule has 0 aromatic heterocycles. The third-order valence-corrected chi connectivity index (χ3v) is 2.84. The molecule has 1 rings (SSSR count). The van der Waals surface area contributed by atoms with Gasteiger partial charge in [-0.25, -0.2) is 0 Å². The van der Waals surface area contributed by atoms with Crippen molar-refractivity contribution in [3.63, 3.8) is 0 Å². The van der Waals surface area contributed by atoms with Gasteiger partial charge in [-0.3, -0.25) is 9.69 Å². The lowest BCUT2D eigenvalue weighted by atomic mass is 10.1. The maximum Gasteiger partial charge on any atom is 0.317 e. The Morgan fingerprint density at radius 2 is 2.21 bits per heavy atom. The molecule has 5 heteroatoms. The van der Waals surface area contributed by atoms with E-state index < -0.39 is 5.97 Å². The van der Waals surface area contributed by atoms with Crippen LogP contribution in [0.5, 0.6) is 5.75 Å². The quantitative estimate of drug-likeness (QED) is 0.847. The van der Waals surface area contributed by atoms with E-state index in [-0.39, 0.29) is 12.6 Å². The molecule has 1 aromatic carbocycles.